The van der Waals surface area contributed by atoms with Crippen molar-refractivity contribution < 1.29 is 9.47 Å². The third-order valence-electron chi connectivity index (χ3n) is 4.55. The molecule has 0 radical (unpaired) electrons. The Kier molecular flexibility index (Phi) is 8.97. The van der Waals surface area contributed by atoms with Crippen molar-refractivity contribution in [3.05, 3.63) is 72.2 Å². The summed E-state index contributed by atoms with van der Waals surface area (Å²) in [7, 11) is 7.49. The van der Waals surface area contributed by atoms with Crippen LogP contribution in [0.4, 0.5) is 0 Å². The number of pyridine rings is 1. The maximum atomic E-state index is 5.77. The van der Waals surface area contributed by atoms with Gasteiger partial charge in [0.25, 0.3) is 0 Å². The maximum absolute atomic E-state index is 5.77. The molecule has 7 nitrogen and oxygen atoms in total. The van der Waals surface area contributed by atoms with E-state index < -0.39 is 0 Å². The van der Waals surface area contributed by atoms with Crippen LogP contribution in [0.3, 0.4) is 0 Å². The molecule has 1 N–H and O–H groups in total. The molecule has 30 heavy (non-hydrogen) atoms. The van der Waals surface area contributed by atoms with Gasteiger partial charge in [-0.15, -0.1) is 24.0 Å². The van der Waals surface area contributed by atoms with Gasteiger partial charge in [0.15, 0.2) is 5.96 Å². The third-order valence-corrected chi connectivity index (χ3v) is 4.55. The molecule has 3 rings (SSSR count). The number of hydrogen-bond donors (Lipinski definition) is 1. The molecule has 0 spiro atoms. The van der Waals surface area contributed by atoms with Gasteiger partial charge in [-0.2, -0.15) is 0 Å². The largest absolute Gasteiger partial charge is 0.497 e. The van der Waals surface area contributed by atoms with E-state index >= 15 is 0 Å². The van der Waals surface area contributed by atoms with Crippen LogP contribution in [0.5, 0.6) is 17.4 Å². The van der Waals surface area contributed by atoms with Gasteiger partial charge in [-0.25, -0.2) is 4.98 Å². The summed E-state index contributed by atoms with van der Waals surface area (Å²) in [6.07, 6.45) is 3.84. The molecule has 2 heterocycles. The number of nitrogens with one attached hydrogen (secondary N) is 1. The molecule has 0 aliphatic carbocycles. The summed E-state index contributed by atoms with van der Waals surface area (Å²) in [6, 6.07) is 15.4. The highest BCUT2D eigenvalue weighted by molar-refractivity contribution is 14.0. The van der Waals surface area contributed by atoms with Crippen molar-refractivity contribution in [1.29, 1.82) is 0 Å². The number of guanidine groups is 1. The number of benzene rings is 1. The van der Waals surface area contributed by atoms with Gasteiger partial charge in [0, 0.05) is 51.8 Å². The Morgan fingerprint density at radius 2 is 1.87 bits per heavy atom. The van der Waals surface area contributed by atoms with E-state index in [0.717, 1.165) is 23.8 Å². The number of hydrogen-bond acceptors (Lipinski definition) is 4. The van der Waals surface area contributed by atoms with Gasteiger partial charge in [-0.1, -0.05) is 6.07 Å². The Morgan fingerprint density at radius 3 is 2.43 bits per heavy atom. The van der Waals surface area contributed by atoms with Gasteiger partial charge >= 0.3 is 0 Å². The van der Waals surface area contributed by atoms with E-state index in [0.29, 0.717) is 18.2 Å². The number of aliphatic imine (C=N–C) groups is 1. The molecule has 0 atom stereocenters. The van der Waals surface area contributed by atoms with Crippen molar-refractivity contribution in [3.63, 3.8) is 0 Å². The lowest BCUT2D eigenvalue weighted by atomic mass is 10.3. The molecule has 0 amide bonds. The predicted molar refractivity (Wildman–Crippen MR) is 130 cm³/mol. The van der Waals surface area contributed by atoms with E-state index in [2.05, 4.69) is 30.8 Å². The number of ether oxygens (including phenoxy) is 2. The molecular formula is C22H28IN5O2. The van der Waals surface area contributed by atoms with E-state index in [1.165, 1.54) is 5.69 Å². The lowest BCUT2D eigenvalue weighted by molar-refractivity contribution is 0.412. The lowest BCUT2D eigenvalue weighted by Crippen LogP contribution is -2.38. The standard InChI is InChI=1S/C22H27N5O2.HI/c1-23-22(27(3)16-18-6-5-13-26(18)2)25-15-17-7-12-21(24-14-17)29-20-10-8-19(28-4)9-11-20;/h5-14H,15-16H2,1-4H3,(H,23,25);1H. The molecule has 0 aliphatic rings. The van der Waals surface area contributed by atoms with Gasteiger partial charge in [0.1, 0.15) is 11.5 Å². The Bertz CT molecular complexity index is 939. The molecule has 0 unspecified atom stereocenters. The minimum atomic E-state index is 0. The van der Waals surface area contributed by atoms with E-state index in [1.807, 2.05) is 62.8 Å². The van der Waals surface area contributed by atoms with Crippen LogP contribution in [-0.2, 0) is 20.1 Å². The Morgan fingerprint density at radius 1 is 1.13 bits per heavy atom. The number of methoxy groups -OCH3 is 1. The van der Waals surface area contributed by atoms with E-state index in [1.54, 1.807) is 20.4 Å². The first-order chi connectivity index (χ1) is 14.1. The van der Waals surface area contributed by atoms with Crippen molar-refractivity contribution in [2.45, 2.75) is 13.1 Å². The fourth-order valence-corrected chi connectivity index (χ4v) is 2.88. The molecule has 3 aromatic rings. The summed E-state index contributed by atoms with van der Waals surface area (Å²) in [5.74, 6) is 2.87. The average molecular weight is 521 g/mol. The molecule has 0 bridgehead atoms. The van der Waals surface area contributed by atoms with Crippen molar-refractivity contribution in [3.8, 4) is 17.4 Å². The van der Waals surface area contributed by atoms with Gasteiger partial charge in [-0.05, 0) is 42.0 Å². The van der Waals surface area contributed by atoms with Crippen LogP contribution in [0.2, 0.25) is 0 Å². The van der Waals surface area contributed by atoms with Crippen LogP contribution in [0.1, 0.15) is 11.3 Å². The number of rotatable bonds is 7. The minimum absolute atomic E-state index is 0. The van der Waals surface area contributed by atoms with E-state index in [4.69, 9.17) is 9.47 Å². The van der Waals surface area contributed by atoms with Crippen molar-refractivity contribution in [2.75, 3.05) is 21.2 Å². The first-order valence-corrected chi connectivity index (χ1v) is 9.38. The number of aromatic nitrogens is 2. The highest BCUT2D eigenvalue weighted by Crippen LogP contribution is 2.22. The lowest BCUT2D eigenvalue weighted by Gasteiger charge is -2.22. The molecule has 2 aromatic heterocycles. The van der Waals surface area contributed by atoms with Crippen LogP contribution < -0.4 is 14.8 Å². The zero-order chi connectivity index (χ0) is 20.6. The minimum Gasteiger partial charge on any atom is -0.497 e. The van der Waals surface area contributed by atoms with Crippen LogP contribution in [0.15, 0.2) is 65.9 Å². The monoisotopic (exact) mass is 521 g/mol. The van der Waals surface area contributed by atoms with Crippen LogP contribution in [-0.4, -0.2) is 41.6 Å². The second-order valence-corrected chi connectivity index (χ2v) is 6.65. The zero-order valence-corrected chi connectivity index (χ0v) is 20.0. The Labute approximate surface area is 194 Å². The Hall–Kier alpha value is -2.75. The van der Waals surface area contributed by atoms with Crippen LogP contribution >= 0.6 is 24.0 Å². The van der Waals surface area contributed by atoms with Gasteiger partial charge in [0.2, 0.25) is 5.88 Å². The highest BCUT2D eigenvalue weighted by atomic mass is 127. The second-order valence-electron chi connectivity index (χ2n) is 6.65. The van der Waals surface area contributed by atoms with Gasteiger partial charge in [-0.3, -0.25) is 4.99 Å². The molecular weight excluding hydrogens is 493 g/mol. The quantitative estimate of drug-likeness (QED) is 0.289. The zero-order valence-electron chi connectivity index (χ0n) is 17.7. The SMILES string of the molecule is CN=C(NCc1ccc(Oc2ccc(OC)cc2)nc1)N(C)Cc1cccn1C.I. The molecule has 0 aliphatic heterocycles. The second kappa shape index (κ2) is 11.4. The number of nitrogens with zero attached hydrogens (tertiary/aromatic N) is 4. The summed E-state index contributed by atoms with van der Waals surface area (Å²) in [4.78, 5) is 10.8. The van der Waals surface area contributed by atoms with Crippen LogP contribution in [0.25, 0.3) is 0 Å². The number of aryl methyl sites for hydroxylation is 1. The normalized spacial score (nSPS) is 10.9. The summed E-state index contributed by atoms with van der Waals surface area (Å²) in [5.41, 5.74) is 2.26. The highest BCUT2D eigenvalue weighted by Gasteiger charge is 2.08. The van der Waals surface area contributed by atoms with Crippen molar-refractivity contribution in [1.82, 2.24) is 19.8 Å². The number of halogens is 1. The molecule has 0 fully saturated rings. The fraction of sp³-hybridized carbons (Fsp3) is 0.273. The Balaban J connectivity index is 0.00000320. The summed E-state index contributed by atoms with van der Waals surface area (Å²) >= 11 is 0. The van der Waals surface area contributed by atoms with Crippen LogP contribution in [0, 0.1) is 0 Å². The summed E-state index contributed by atoms with van der Waals surface area (Å²) in [6.45, 7) is 1.40. The smallest absolute Gasteiger partial charge is 0.219 e. The summed E-state index contributed by atoms with van der Waals surface area (Å²) < 4.78 is 13.0. The van der Waals surface area contributed by atoms with Gasteiger partial charge in [0.05, 0.1) is 13.7 Å². The third kappa shape index (κ3) is 6.38. The van der Waals surface area contributed by atoms with E-state index in [-0.39, 0.29) is 24.0 Å². The maximum Gasteiger partial charge on any atom is 0.219 e. The fourth-order valence-electron chi connectivity index (χ4n) is 2.88. The average Bonchev–Trinajstić information content (AvgIpc) is 3.14. The summed E-state index contributed by atoms with van der Waals surface area (Å²) in [5, 5.41) is 3.37. The molecule has 0 saturated heterocycles. The molecule has 1 aromatic carbocycles. The topological polar surface area (TPSA) is 63.9 Å². The molecule has 8 heteroatoms. The molecule has 160 valence electrons. The molecule has 0 saturated carbocycles. The van der Waals surface area contributed by atoms with Gasteiger partial charge < -0.3 is 24.3 Å². The van der Waals surface area contributed by atoms with Crippen molar-refractivity contribution in [2.24, 2.45) is 12.0 Å². The predicted octanol–water partition coefficient (Wildman–Crippen LogP) is 4.05. The van der Waals surface area contributed by atoms with E-state index in [9.17, 15) is 0 Å². The first-order valence-electron chi connectivity index (χ1n) is 9.38. The first kappa shape index (κ1) is 23.5. The van der Waals surface area contributed by atoms with Crippen molar-refractivity contribution >= 4 is 29.9 Å².